The summed E-state index contributed by atoms with van der Waals surface area (Å²) in [6.45, 7) is 3.24. The average Bonchev–Trinajstić information content (AvgIpc) is 3.30. The molecule has 0 fully saturated rings. The largest absolute Gasteiger partial charge is 0.484 e. The fourth-order valence-electron chi connectivity index (χ4n) is 2.37. The average molecular weight is 394 g/mol. The van der Waals surface area contributed by atoms with Crippen molar-refractivity contribution in [2.24, 2.45) is 0 Å². The number of halogens is 2. The molecule has 0 saturated carbocycles. The van der Waals surface area contributed by atoms with E-state index in [1.54, 1.807) is 36.5 Å². The Balaban J connectivity index is 1.57. The zero-order chi connectivity index (χ0) is 18.5. The molecular formula is C18H17Cl2N3O3. The second kappa shape index (κ2) is 8.29. The van der Waals surface area contributed by atoms with Crippen LogP contribution in [0.15, 0.2) is 47.0 Å². The monoisotopic (exact) mass is 393 g/mol. The third-order valence-corrected chi connectivity index (χ3v) is 4.51. The first-order chi connectivity index (χ1) is 12.6. The maximum absolute atomic E-state index is 12.2. The van der Waals surface area contributed by atoms with Crippen molar-refractivity contribution < 1.29 is 13.9 Å². The van der Waals surface area contributed by atoms with E-state index in [-0.39, 0.29) is 18.3 Å². The molecule has 0 atom stereocenters. The molecular weight excluding hydrogens is 377 g/mol. The van der Waals surface area contributed by atoms with Gasteiger partial charge in [-0.25, -0.2) is 0 Å². The Morgan fingerprint density at radius 3 is 2.92 bits per heavy atom. The van der Waals surface area contributed by atoms with Gasteiger partial charge in [0.05, 0.1) is 17.3 Å². The van der Waals surface area contributed by atoms with Gasteiger partial charge in [-0.1, -0.05) is 29.3 Å². The van der Waals surface area contributed by atoms with E-state index >= 15 is 0 Å². The lowest BCUT2D eigenvalue weighted by molar-refractivity contribution is 0.0918. The van der Waals surface area contributed by atoms with Gasteiger partial charge < -0.3 is 14.5 Å². The summed E-state index contributed by atoms with van der Waals surface area (Å²) in [4.78, 5) is 12.2. The van der Waals surface area contributed by atoms with Gasteiger partial charge >= 0.3 is 0 Å². The molecule has 0 aliphatic carbocycles. The maximum atomic E-state index is 12.2. The van der Waals surface area contributed by atoms with Crippen molar-refractivity contribution in [3.05, 3.63) is 69.9 Å². The number of rotatable bonds is 7. The molecule has 2 heterocycles. The molecule has 26 heavy (non-hydrogen) atoms. The Labute approximate surface area is 160 Å². The van der Waals surface area contributed by atoms with Crippen molar-refractivity contribution in [2.45, 2.75) is 26.6 Å². The van der Waals surface area contributed by atoms with Crippen LogP contribution in [0.25, 0.3) is 0 Å². The van der Waals surface area contributed by atoms with Gasteiger partial charge in [0.25, 0.3) is 5.91 Å². The topological polar surface area (TPSA) is 69.3 Å². The van der Waals surface area contributed by atoms with Gasteiger partial charge in [-0.2, -0.15) is 5.10 Å². The minimum absolute atomic E-state index is 0.135. The van der Waals surface area contributed by atoms with Gasteiger partial charge in [0.1, 0.15) is 23.1 Å². The van der Waals surface area contributed by atoms with Crippen molar-refractivity contribution >= 4 is 29.1 Å². The van der Waals surface area contributed by atoms with Crippen LogP contribution < -0.4 is 10.1 Å². The third kappa shape index (κ3) is 4.20. The van der Waals surface area contributed by atoms with Crippen LogP contribution in [0.5, 0.6) is 5.75 Å². The van der Waals surface area contributed by atoms with E-state index in [9.17, 15) is 4.79 Å². The number of hydrogen-bond donors (Lipinski definition) is 1. The number of nitrogens with zero attached hydrogens (tertiary/aromatic N) is 2. The molecule has 136 valence electrons. The molecule has 6 nitrogen and oxygen atoms in total. The van der Waals surface area contributed by atoms with E-state index in [4.69, 9.17) is 32.4 Å². The first-order valence-electron chi connectivity index (χ1n) is 8.03. The highest BCUT2D eigenvalue weighted by Gasteiger charge is 2.13. The number of benzene rings is 1. The molecule has 1 N–H and O–H groups in total. The van der Waals surface area contributed by atoms with Crippen LogP contribution >= 0.6 is 23.2 Å². The lowest BCUT2D eigenvalue weighted by Crippen LogP contribution is -2.24. The highest BCUT2D eigenvalue weighted by Crippen LogP contribution is 2.32. The number of aromatic nitrogens is 2. The summed E-state index contributed by atoms with van der Waals surface area (Å²) in [5.41, 5.74) is 0.923. The fraction of sp³-hybridized carbons (Fsp3) is 0.222. The summed E-state index contributed by atoms with van der Waals surface area (Å²) >= 11 is 12.0. The van der Waals surface area contributed by atoms with Crippen LogP contribution in [-0.4, -0.2) is 15.7 Å². The number of carbonyl (C=O) groups is 1. The standard InChI is InChI=1S/C18H17Cl2N3O3/c1-2-23-12(8-9-22-23)10-21-18(24)16-7-6-13(26-16)11-25-15-5-3-4-14(19)17(15)20/h3-9H,2,10-11H2,1H3,(H,21,24). The molecule has 0 saturated heterocycles. The van der Waals surface area contributed by atoms with Crippen LogP contribution in [0.3, 0.4) is 0 Å². The van der Waals surface area contributed by atoms with E-state index in [0.717, 1.165) is 12.2 Å². The summed E-state index contributed by atoms with van der Waals surface area (Å²) in [5, 5.41) is 7.72. The Hall–Kier alpha value is -2.44. The smallest absolute Gasteiger partial charge is 0.287 e. The van der Waals surface area contributed by atoms with Gasteiger partial charge in [-0.3, -0.25) is 9.48 Å². The number of hydrogen-bond acceptors (Lipinski definition) is 4. The summed E-state index contributed by atoms with van der Waals surface area (Å²) in [7, 11) is 0. The predicted octanol–water partition coefficient (Wildman–Crippen LogP) is 4.31. The number of nitrogens with one attached hydrogen (secondary N) is 1. The third-order valence-electron chi connectivity index (χ3n) is 3.71. The number of ether oxygens (including phenoxy) is 1. The molecule has 1 amide bonds. The second-order valence-electron chi connectivity index (χ2n) is 5.43. The quantitative estimate of drug-likeness (QED) is 0.648. The minimum atomic E-state index is -0.305. The first kappa shape index (κ1) is 18.4. The van der Waals surface area contributed by atoms with E-state index in [1.165, 1.54) is 0 Å². The molecule has 0 unspecified atom stereocenters. The van der Waals surface area contributed by atoms with Crippen LogP contribution in [0.2, 0.25) is 10.0 Å². The van der Waals surface area contributed by atoms with Gasteiger partial charge in [0.15, 0.2) is 5.76 Å². The van der Waals surface area contributed by atoms with E-state index in [0.29, 0.717) is 28.1 Å². The van der Waals surface area contributed by atoms with Gasteiger partial charge in [-0.05, 0) is 37.3 Å². The molecule has 0 aliphatic heterocycles. The van der Waals surface area contributed by atoms with Gasteiger partial charge in [0, 0.05) is 12.7 Å². The zero-order valence-corrected chi connectivity index (χ0v) is 15.5. The van der Waals surface area contributed by atoms with E-state index < -0.39 is 0 Å². The first-order valence-corrected chi connectivity index (χ1v) is 8.78. The number of furan rings is 1. The number of carbonyl (C=O) groups excluding carboxylic acids is 1. The summed E-state index contributed by atoms with van der Waals surface area (Å²) < 4.78 is 12.9. The molecule has 0 radical (unpaired) electrons. The molecule has 2 aromatic heterocycles. The maximum Gasteiger partial charge on any atom is 0.287 e. The van der Waals surface area contributed by atoms with Crippen LogP contribution in [0.4, 0.5) is 0 Å². The summed E-state index contributed by atoms with van der Waals surface area (Å²) in [5.74, 6) is 0.864. The lowest BCUT2D eigenvalue weighted by atomic mass is 10.3. The van der Waals surface area contributed by atoms with Crippen molar-refractivity contribution in [1.82, 2.24) is 15.1 Å². The van der Waals surface area contributed by atoms with Crippen LogP contribution in [0, 0.1) is 0 Å². The van der Waals surface area contributed by atoms with Crippen LogP contribution in [0.1, 0.15) is 28.9 Å². The molecule has 0 spiro atoms. The minimum Gasteiger partial charge on any atom is -0.484 e. The SMILES string of the molecule is CCn1nccc1CNC(=O)c1ccc(COc2cccc(Cl)c2Cl)o1. The highest BCUT2D eigenvalue weighted by molar-refractivity contribution is 6.42. The van der Waals surface area contributed by atoms with Crippen molar-refractivity contribution in [3.8, 4) is 5.75 Å². The van der Waals surface area contributed by atoms with Crippen molar-refractivity contribution in [1.29, 1.82) is 0 Å². The van der Waals surface area contributed by atoms with Crippen molar-refractivity contribution in [2.75, 3.05) is 0 Å². The molecule has 8 heteroatoms. The highest BCUT2D eigenvalue weighted by atomic mass is 35.5. The second-order valence-corrected chi connectivity index (χ2v) is 6.21. The van der Waals surface area contributed by atoms with Gasteiger partial charge in [-0.15, -0.1) is 0 Å². The Kier molecular flexibility index (Phi) is 5.85. The van der Waals surface area contributed by atoms with Gasteiger partial charge in [0.2, 0.25) is 0 Å². The molecule has 0 bridgehead atoms. The molecule has 3 rings (SSSR count). The molecule has 0 aliphatic rings. The van der Waals surface area contributed by atoms with E-state index in [2.05, 4.69) is 10.4 Å². The van der Waals surface area contributed by atoms with Crippen molar-refractivity contribution in [3.63, 3.8) is 0 Å². The number of aryl methyl sites for hydroxylation is 1. The Bertz CT molecular complexity index is 905. The Morgan fingerprint density at radius 2 is 2.12 bits per heavy atom. The fourth-order valence-corrected chi connectivity index (χ4v) is 2.72. The summed E-state index contributed by atoms with van der Waals surface area (Å²) in [6.07, 6.45) is 1.70. The normalized spacial score (nSPS) is 10.7. The summed E-state index contributed by atoms with van der Waals surface area (Å²) in [6, 6.07) is 10.3. The predicted molar refractivity (Wildman–Crippen MR) is 98.6 cm³/mol. The molecule has 3 aromatic rings. The zero-order valence-electron chi connectivity index (χ0n) is 14.0. The lowest BCUT2D eigenvalue weighted by Gasteiger charge is -2.07. The van der Waals surface area contributed by atoms with Crippen LogP contribution in [-0.2, 0) is 19.7 Å². The Morgan fingerprint density at radius 1 is 1.27 bits per heavy atom. The van der Waals surface area contributed by atoms with E-state index in [1.807, 2.05) is 17.7 Å². The number of amides is 1. The molecule has 1 aromatic carbocycles.